The predicted octanol–water partition coefficient (Wildman–Crippen LogP) is 2.46. The third-order valence-electron chi connectivity index (χ3n) is 4.96. The van der Waals surface area contributed by atoms with Gasteiger partial charge in [0.1, 0.15) is 11.4 Å². The summed E-state index contributed by atoms with van der Waals surface area (Å²) in [7, 11) is 1.60. The molecule has 1 amide bonds. The molecule has 2 aromatic heterocycles. The first-order chi connectivity index (χ1) is 14.6. The van der Waals surface area contributed by atoms with Crippen LogP contribution in [0.1, 0.15) is 28.9 Å². The highest BCUT2D eigenvalue weighted by molar-refractivity contribution is 7.15. The molecule has 0 saturated heterocycles. The first-order valence-corrected chi connectivity index (χ1v) is 10.5. The number of rotatable bonds is 6. The third kappa shape index (κ3) is 4.24. The van der Waals surface area contributed by atoms with E-state index in [0.717, 1.165) is 37.3 Å². The highest BCUT2D eigenvalue weighted by atomic mass is 32.1. The van der Waals surface area contributed by atoms with Crippen LogP contribution in [0.5, 0.6) is 5.75 Å². The summed E-state index contributed by atoms with van der Waals surface area (Å²) in [4.78, 5) is 21.4. The molecule has 1 N–H and O–H groups in total. The number of tetrazole rings is 1. The maximum atomic E-state index is 13.2. The van der Waals surface area contributed by atoms with Crippen LogP contribution in [0.3, 0.4) is 0 Å². The first kappa shape index (κ1) is 20.2. The van der Waals surface area contributed by atoms with Gasteiger partial charge in [0.25, 0.3) is 5.91 Å². The minimum atomic E-state index is -0.327. The number of hydrogen-bond donors (Lipinski definition) is 1. The van der Waals surface area contributed by atoms with E-state index >= 15 is 0 Å². The zero-order valence-corrected chi connectivity index (χ0v) is 17.9. The van der Waals surface area contributed by atoms with Crippen molar-refractivity contribution in [2.45, 2.75) is 26.8 Å². The van der Waals surface area contributed by atoms with Crippen molar-refractivity contribution in [1.82, 2.24) is 30.1 Å². The molecule has 1 aromatic carbocycles. The van der Waals surface area contributed by atoms with Crippen molar-refractivity contribution >= 4 is 34.1 Å². The lowest BCUT2D eigenvalue weighted by atomic mass is 10.1. The lowest BCUT2D eigenvalue weighted by Gasteiger charge is -2.23. The molecule has 1 aliphatic heterocycles. The fourth-order valence-corrected chi connectivity index (χ4v) is 4.34. The van der Waals surface area contributed by atoms with E-state index < -0.39 is 0 Å². The Hall–Kier alpha value is -3.11. The van der Waals surface area contributed by atoms with Crippen LogP contribution in [-0.4, -0.2) is 56.2 Å². The van der Waals surface area contributed by atoms with Gasteiger partial charge in [-0.2, -0.15) is 4.68 Å². The lowest BCUT2D eigenvalue weighted by Crippen LogP contribution is -2.29. The largest absolute Gasteiger partial charge is 0.497 e. The van der Waals surface area contributed by atoms with Crippen molar-refractivity contribution < 1.29 is 9.53 Å². The number of carbonyl (C=O) groups is 1. The zero-order valence-electron chi connectivity index (χ0n) is 17.1. The van der Waals surface area contributed by atoms with E-state index in [1.165, 1.54) is 20.9 Å². The molecule has 0 unspecified atom stereocenters. The molecule has 156 valence electrons. The molecule has 0 atom stereocenters. The summed E-state index contributed by atoms with van der Waals surface area (Å²) in [6.45, 7) is 6.77. The number of nitrogens with zero attached hydrogens (tertiary/aromatic N) is 6. The molecule has 1 aliphatic rings. The third-order valence-corrected chi connectivity index (χ3v) is 5.96. The number of hydrogen-bond acceptors (Lipinski definition) is 8. The Bertz CT molecular complexity index is 1090. The molecular weight excluding hydrogens is 402 g/mol. The van der Waals surface area contributed by atoms with Crippen LogP contribution in [0.15, 0.2) is 24.3 Å². The van der Waals surface area contributed by atoms with Gasteiger partial charge in [-0.3, -0.25) is 15.0 Å². The second-order valence-electron chi connectivity index (χ2n) is 6.91. The zero-order chi connectivity index (χ0) is 21.1. The SMILES string of the molecule is CCN1CCc2nc(NC(=O)/C(=C/c3cccc(OC)c3)n3nnnc3C)sc2C1. The lowest BCUT2D eigenvalue weighted by molar-refractivity contribution is -0.111. The van der Waals surface area contributed by atoms with Crippen molar-refractivity contribution in [2.75, 3.05) is 25.5 Å². The van der Waals surface area contributed by atoms with Gasteiger partial charge in [-0.15, -0.1) is 16.4 Å². The van der Waals surface area contributed by atoms with Crippen LogP contribution < -0.4 is 10.1 Å². The summed E-state index contributed by atoms with van der Waals surface area (Å²) in [5.74, 6) is 0.882. The Kier molecular flexibility index (Phi) is 5.86. The van der Waals surface area contributed by atoms with Crippen LogP contribution >= 0.6 is 11.3 Å². The van der Waals surface area contributed by atoms with E-state index in [0.29, 0.717) is 22.4 Å². The monoisotopic (exact) mass is 425 g/mol. The van der Waals surface area contributed by atoms with E-state index in [1.807, 2.05) is 24.3 Å². The average Bonchev–Trinajstić information content (AvgIpc) is 3.36. The summed E-state index contributed by atoms with van der Waals surface area (Å²) in [6, 6.07) is 7.44. The molecule has 4 rings (SSSR count). The van der Waals surface area contributed by atoms with Crippen molar-refractivity contribution in [2.24, 2.45) is 0 Å². The highest BCUT2D eigenvalue weighted by Crippen LogP contribution is 2.29. The molecule has 3 heterocycles. The first-order valence-electron chi connectivity index (χ1n) is 9.70. The Morgan fingerprint density at radius 1 is 1.40 bits per heavy atom. The van der Waals surface area contributed by atoms with E-state index in [2.05, 4.69) is 37.6 Å². The van der Waals surface area contributed by atoms with E-state index in [-0.39, 0.29) is 5.91 Å². The molecule has 0 bridgehead atoms. The van der Waals surface area contributed by atoms with Crippen molar-refractivity contribution in [3.05, 3.63) is 46.2 Å². The minimum Gasteiger partial charge on any atom is -0.497 e. The molecule has 30 heavy (non-hydrogen) atoms. The van der Waals surface area contributed by atoms with Gasteiger partial charge >= 0.3 is 0 Å². The van der Waals surface area contributed by atoms with E-state index in [1.54, 1.807) is 20.1 Å². The number of nitrogens with one attached hydrogen (secondary N) is 1. The number of carbonyl (C=O) groups excluding carboxylic acids is 1. The quantitative estimate of drug-likeness (QED) is 0.606. The van der Waals surface area contributed by atoms with Crippen LogP contribution in [0, 0.1) is 6.92 Å². The van der Waals surface area contributed by atoms with Gasteiger partial charge in [0.15, 0.2) is 11.0 Å². The molecule has 0 saturated carbocycles. The summed E-state index contributed by atoms with van der Waals surface area (Å²) >= 11 is 1.52. The molecular formula is C20H23N7O2S. The second-order valence-corrected chi connectivity index (χ2v) is 7.99. The predicted molar refractivity (Wildman–Crippen MR) is 115 cm³/mol. The van der Waals surface area contributed by atoms with E-state index in [9.17, 15) is 4.79 Å². The average molecular weight is 426 g/mol. The topological polar surface area (TPSA) is 98.1 Å². The second kappa shape index (κ2) is 8.72. The number of ether oxygens (including phenoxy) is 1. The molecule has 10 heteroatoms. The van der Waals surface area contributed by atoms with Crippen molar-refractivity contribution in [3.63, 3.8) is 0 Å². The summed E-state index contributed by atoms with van der Waals surface area (Å²) < 4.78 is 6.70. The molecule has 0 fully saturated rings. The molecule has 0 aliphatic carbocycles. The summed E-state index contributed by atoms with van der Waals surface area (Å²) in [6.07, 6.45) is 2.63. The Labute approximate surface area is 178 Å². The summed E-state index contributed by atoms with van der Waals surface area (Å²) in [5.41, 5.74) is 2.16. The molecule has 9 nitrogen and oxygen atoms in total. The number of fused-ring (bicyclic) bond motifs is 1. The summed E-state index contributed by atoms with van der Waals surface area (Å²) in [5, 5.41) is 15.1. The van der Waals surface area contributed by atoms with Gasteiger partial charge in [-0.1, -0.05) is 19.1 Å². The Morgan fingerprint density at radius 3 is 3.00 bits per heavy atom. The number of aryl methyl sites for hydroxylation is 1. The maximum Gasteiger partial charge on any atom is 0.276 e. The van der Waals surface area contributed by atoms with Crippen molar-refractivity contribution in [1.29, 1.82) is 0 Å². The smallest absolute Gasteiger partial charge is 0.276 e. The fraction of sp³-hybridized carbons (Fsp3) is 0.350. The number of aromatic nitrogens is 5. The van der Waals surface area contributed by atoms with Gasteiger partial charge in [0.2, 0.25) is 0 Å². The maximum absolute atomic E-state index is 13.2. The fourth-order valence-electron chi connectivity index (χ4n) is 3.30. The highest BCUT2D eigenvalue weighted by Gasteiger charge is 2.22. The molecule has 3 aromatic rings. The normalized spacial score (nSPS) is 14.4. The van der Waals surface area contributed by atoms with Crippen molar-refractivity contribution in [3.8, 4) is 5.75 Å². The van der Waals surface area contributed by atoms with Crippen LogP contribution in [0.2, 0.25) is 0 Å². The van der Waals surface area contributed by atoms with Gasteiger partial charge in [0.05, 0.1) is 12.8 Å². The standard InChI is InChI=1S/C20H23N7O2S/c1-4-26-9-8-16-18(12-26)30-20(21-16)22-19(28)17(27-13(2)23-24-25-27)11-14-6-5-7-15(10-14)29-3/h5-7,10-11H,4,8-9,12H2,1-3H3,(H,21,22,28)/b17-11-. The van der Waals surface area contributed by atoms with Crippen LogP contribution in [0.25, 0.3) is 11.8 Å². The number of amides is 1. The van der Waals surface area contributed by atoms with Gasteiger partial charge in [-0.25, -0.2) is 4.98 Å². The number of thiazole rings is 1. The van der Waals surface area contributed by atoms with Gasteiger partial charge < -0.3 is 4.74 Å². The Balaban J connectivity index is 1.63. The van der Waals surface area contributed by atoms with E-state index in [4.69, 9.17) is 4.74 Å². The molecule has 0 radical (unpaired) electrons. The number of anilines is 1. The van der Waals surface area contributed by atoms with Gasteiger partial charge in [0, 0.05) is 24.4 Å². The number of methoxy groups -OCH3 is 1. The van der Waals surface area contributed by atoms with Crippen LogP contribution in [0.4, 0.5) is 5.13 Å². The minimum absolute atomic E-state index is 0.300. The number of benzene rings is 1. The Morgan fingerprint density at radius 2 is 2.27 bits per heavy atom. The van der Waals surface area contributed by atoms with Gasteiger partial charge in [-0.05, 0) is 47.7 Å². The van der Waals surface area contributed by atoms with Crippen LogP contribution in [-0.2, 0) is 17.8 Å². The number of likely N-dealkylation sites (N-methyl/N-ethyl adjacent to an activating group) is 1. The molecule has 0 spiro atoms.